The van der Waals surface area contributed by atoms with Crippen LogP contribution >= 0.6 is 0 Å². The van der Waals surface area contributed by atoms with Crippen LogP contribution in [0.5, 0.6) is 0 Å². The molecule has 0 aliphatic rings. The predicted octanol–water partition coefficient (Wildman–Crippen LogP) is 4.27. The number of benzene rings is 2. The van der Waals surface area contributed by atoms with Gasteiger partial charge in [-0.2, -0.15) is 0 Å². The second-order valence-corrected chi connectivity index (χ2v) is 5.50. The Balaban J connectivity index is 1.74. The van der Waals surface area contributed by atoms with Crippen molar-refractivity contribution in [3.8, 4) is 0 Å². The van der Waals surface area contributed by atoms with Crippen molar-refractivity contribution in [1.29, 1.82) is 0 Å². The molecule has 0 aromatic heterocycles. The topological polar surface area (TPSA) is 52.6 Å². The highest BCUT2D eigenvalue weighted by Crippen LogP contribution is 2.10. The zero-order valence-corrected chi connectivity index (χ0v) is 14.3. The molecule has 1 atom stereocenters. The Bertz CT molecular complexity index is 692. The summed E-state index contributed by atoms with van der Waals surface area (Å²) in [6, 6.07) is 18.4. The molecular formula is C21H22O4. The second kappa shape index (κ2) is 10.1. The van der Waals surface area contributed by atoms with E-state index in [1.54, 1.807) is 30.3 Å². The van der Waals surface area contributed by atoms with E-state index in [0.29, 0.717) is 18.4 Å². The van der Waals surface area contributed by atoms with Crippen molar-refractivity contribution >= 4 is 18.0 Å². The van der Waals surface area contributed by atoms with Crippen LogP contribution in [0.25, 0.3) is 6.08 Å². The third-order valence-electron chi connectivity index (χ3n) is 3.63. The molecule has 0 aliphatic carbocycles. The van der Waals surface area contributed by atoms with E-state index in [-0.39, 0.29) is 18.7 Å². The number of hydrogen-bond donors (Lipinski definition) is 0. The minimum atomic E-state index is -0.409. The highest BCUT2D eigenvalue weighted by Gasteiger charge is 2.14. The molecule has 130 valence electrons. The van der Waals surface area contributed by atoms with Gasteiger partial charge in [0, 0.05) is 12.5 Å². The van der Waals surface area contributed by atoms with Crippen molar-refractivity contribution < 1.29 is 19.1 Å². The summed E-state index contributed by atoms with van der Waals surface area (Å²) >= 11 is 0. The van der Waals surface area contributed by atoms with Crippen LogP contribution in [-0.2, 0) is 14.3 Å². The predicted molar refractivity (Wildman–Crippen MR) is 97.0 cm³/mol. The van der Waals surface area contributed by atoms with Crippen molar-refractivity contribution in [3.63, 3.8) is 0 Å². The zero-order valence-electron chi connectivity index (χ0n) is 14.3. The lowest BCUT2D eigenvalue weighted by Crippen LogP contribution is -2.20. The molecule has 0 saturated carbocycles. The first-order valence-electron chi connectivity index (χ1n) is 8.35. The Morgan fingerprint density at radius 1 is 1.00 bits per heavy atom. The molecule has 0 bridgehead atoms. The van der Waals surface area contributed by atoms with Gasteiger partial charge in [-0.25, -0.2) is 9.59 Å². The minimum Gasteiger partial charge on any atom is -0.462 e. The minimum absolute atomic E-state index is 0.207. The molecular weight excluding hydrogens is 316 g/mol. The highest BCUT2D eigenvalue weighted by atomic mass is 16.6. The summed E-state index contributed by atoms with van der Waals surface area (Å²) in [4.78, 5) is 23.7. The zero-order chi connectivity index (χ0) is 17.9. The Morgan fingerprint density at radius 2 is 1.64 bits per heavy atom. The monoisotopic (exact) mass is 338 g/mol. The lowest BCUT2D eigenvalue weighted by molar-refractivity contribution is -0.138. The maximum absolute atomic E-state index is 12.0. The fraction of sp³-hybridized carbons (Fsp3) is 0.238. The van der Waals surface area contributed by atoms with E-state index in [2.05, 4.69) is 0 Å². The maximum atomic E-state index is 12.0. The number of ether oxygens (including phenoxy) is 2. The van der Waals surface area contributed by atoms with Gasteiger partial charge in [0.1, 0.15) is 6.10 Å². The molecule has 0 saturated heterocycles. The van der Waals surface area contributed by atoms with E-state index in [9.17, 15) is 9.59 Å². The molecule has 4 heteroatoms. The molecule has 0 N–H and O–H groups in total. The molecule has 0 fully saturated rings. The van der Waals surface area contributed by atoms with Gasteiger partial charge < -0.3 is 9.47 Å². The van der Waals surface area contributed by atoms with Crippen LogP contribution in [0.4, 0.5) is 0 Å². The van der Waals surface area contributed by atoms with Crippen molar-refractivity contribution in [3.05, 3.63) is 77.9 Å². The first-order valence-corrected chi connectivity index (χ1v) is 8.35. The largest absolute Gasteiger partial charge is 0.462 e. The molecule has 0 amide bonds. The number of esters is 2. The molecule has 2 rings (SSSR count). The summed E-state index contributed by atoms with van der Waals surface area (Å²) in [7, 11) is 0. The Morgan fingerprint density at radius 3 is 2.28 bits per heavy atom. The van der Waals surface area contributed by atoms with Gasteiger partial charge in [-0.05, 0) is 30.2 Å². The van der Waals surface area contributed by atoms with Gasteiger partial charge >= 0.3 is 11.9 Å². The number of hydrogen-bond acceptors (Lipinski definition) is 4. The summed E-state index contributed by atoms with van der Waals surface area (Å²) in [6.45, 7) is 2.14. The van der Waals surface area contributed by atoms with E-state index >= 15 is 0 Å². The van der Waals surface area contributed by atoms with Crippen LogP contribution in [0.1, 0.15) is 35.7 Å². The van der Waals surface area contributed by atoms with Crippen molar-refractivity contribution in [2.75, 3.05) is 6.61 Å². The van der Waals surface area contributed by atoms with Crippen LogP contribution in [0.3, 0.4) is 0 Å². The maximum Gasteiger partial charge on any atom is 0.338 e. The average Bonchev–Trinajstić information content (AvgIpc) is 2.67. The lowest BCUT2D eigenvalue weighted by atomic mass is 10.2. The van der Waals surface area contributed by atoms with Crippen LogP contribution in [-0.4, -0.2) is 24.6 Å². The third kappa shape index (κ3) is 6.63. The van der Waals surface area contributed by atoms with Crippen molar-refractivity contribution in [2.45, 2.75) is 25.9 Å². The van der Waals surface area contributed by atoms with Gasteiger partial charge in [-0.15, -0.1) is 0 Å². The van der Waals surface area contributed by atoms with Gasteiger partial charge in [-0.3, -0.25) is 0 Å². The third-order valence-corrected chi connectivity index (χ3v) is 3.63. The Labute approximate surface area is 148 Å². The molecule has 0 radical (unpaired) electrons. The smallest absolute Gasteiger partial charge is 0.338 e. The molecule has 0 heterocycles. The fourth-order valence-electron chi connectivity index (χ4n) is 2.21. The van der Waals surface area contributed by atoms with E-state index in [1.165, 1.54) is 6.08 Å². The van der Waals surface area contributed by atoms with Crippen LogP contribution in [0.2, 0.25) is 0 Å². The normalized spacial score (nSPS) is 11.9. The number of rotatable bonds is 8. The standard InChI is InChI=1S/C21H22O4/c1-2-19(25-21(23)18-11-7-4-8-12-18)15-16-24-20(22)14-13-17-9-5-3-6-10-17/h3-14,19H,2,15-16H2,1H3/b14-13+. The Hall–Kier alpha value is -2.88. The first kappa shape index (κ1) is 18.5. The fourth-order valence-corrected chi connectivity index (χ4v) is 2.21. The van der Waals surface area contributed by atoms with Gasteiger partial charge in [0.15, 0.2) is 0 Å². The van der Waals surface area contributed by atoms with Gasteiger partial charge in [0.05, 0.1) is 12.2 Å². The van der Waals surface area contributed by atoms with E-state index in [4.69, 9.17) is 9.47 Å². The van der Waals surface area contributed by atoms with Gasteiger partial charge in [0.2, 0.25) is 0 Å². The molecule has 0 aliphatic heterocycles. The molecule has 2 aromatic carbocycles. The molecule has 25 heavy (non-hydrogen) atoms. The van der Waals surface area contributed by atoms with E-state index in [1.807, 2.05) is 43.3 Å². The first-order chi connectivity index (χ1) is 12.2. The lowest BCUT2D eigenvalue weighted by Gasteiger charge is -2.16. The molecule has 4 nitrogen and oxygen atoms in total. The van der Waals surface area contributed by atoms with Crippen LogP contribution in [0, 0.1) is 0 Å². The van der Waals surface area contributed by atoms with Crippen LogP contribution in [0.15, 0.2) is 66.7 Å². The van der Waals surface area contributed by atoms with Gasteiger partial charge in [0.25, 0.3) is 0 Å². The summed E-state index contributed by atoms with van der Waals surface area (Å²) < 4.78 is 10.6. The summed E-state index contributed by atoms with van der Waals surface area (Å²) in [6.07, 6.45) is 3.95. The number of carbonyl (C=O) groups is 2. The summed E-state index contributed by atoms with van der Waals surface area (Å²) in [5.74, 6) is -0.768. The second-order valence-electron chi connectivity index (χ2n) is 5.50. The summed E-state index contributed by atoms with van der Waals surface area (Å²) in [5.41, 5.74) is 1.45. The number of carbonyl (C=O) groups excluding carboxylic acids is 2. The molecule has 2 aromatic rings. The highest BCUT2D eigenvalue weighted by molar-refractivity contribution is 5.89. The van der Waals surface area contributed by atoms with Crippen LogP contribution < -0.4 is 0 Å². The quantitative estimate of drug-likeness (QED) is 0.533. The SMILES string of the molecule is CCC(CCOC(=O)/C=C/c1ccccc1)OC(=O)c1ccccc1. The van der Waals surface area contributed by atoms with Gasteiger partial charge in [-0.1, -0.05) is 55.5 Å². The summed E-state index contributed by atoms with van der Waals surface area (Å²) in [5, 5.41) is 0. The molecule has 0 spiro atoms. The van der Waals surface area contributed by atoms with Crippen molar-refractivity contribution in [2.24, 2.45) is 0 Å². The molecule has 1 unspecified atom stereocenters. The average molecular weight is 338 g/mol. The Kier molecular flexibility index (Phi) is 7.44. The van der Waals surface area contributed by atoms with E-state index < -0.39 is 5.97 Å². The van der Waals surface area contributed by atoms with E-state index in [0.717, 1.165) is 5.56 Å². The van der Waals surface area contributed by atoms with Crippen molar-refractivity contribution in [1.82, 2.24) is 0 Å².